The first-order chi connectivity index (χ1) is 13.9. The summed E-state index contributed by atoms with van der Waals surface area (Å²) in [6.07, 6.45) is 0.840. The molecular weight excluding hydrogens is 402 g/mol. The number of ether oxygens (including phenoxy) is 3. The van der Waals surface area contributed by atoms with Gasteiger partial charge in [0.2, 0.25) is 0 Å². The highest BCUT2D eigenvalue weighted by Gasteiger charge is 2.41. The Kier molecular flexibility index (Phi) is 8.49. The molecular formula is C20H22F2N2O4S. The molecule has 1 aliphatic heterocycles. The first-order valence-corrected chi connectivity index (χ1v) is 9.51. The van der Waals surface area contributed by atoms with Crippen LogP contribution in [-0.4, -0.2) is 37.4 Å². The minimum atomic E-state index is -3.05. The van der Waals surface area contributed by atoms with Gasteiger partial charge >= 0.3 is 12.6 Å². The third kappa shape index (κ3) is 5.71. The summed E-state index contributed by atoms with van der Waals surface area (Å²) in [5.74, 6) is -2.65. The van der Waals surface area contributed by atoms with Gasteiger partial charge in [-0.15, -0.1) is 0 Å². The molecule has 0 aromatic heterocycles. The summed E-state index contributed by atoms with van der Waals surface area (Å²) in [5, 5.41) is 12.5. The zero-order chi connectivity index (χ0) is 21.4. The van der Waals surface area contributed by atoms with Gasteiger partial charge in [-0.05, 0) is 19.4 Å². The standard InChI is InChI=1S/C20H22F2N2O4S/c1-3-8-26-9-10-27-19(25)16-12(2)24-18(29)14(11-23)17(16)13-6-4-5-7-15(13)28-20(21)22/h4-7,14,17,20H,3,8-10H2,1-2H3,(H,24,29). The number of halogens is 2. The normalized spacial score (nSPS) is 19.0. The zero-order valence-corrected chi connectivity index (χ0v) is 16.9. The molecule has 2 atom stereocenters. The summed E-state index contributed by atoms with van der Waals surface area (Å²) in [7, 11) is 0. The van der Waals surface area contributed by atoms with Gasteiger partial charge in [0.15, 0.2) is 0 Å². The van der Waals surface area contributed by atoms with Crippen molar-refractivity contribution in [1.29, 1.82) is 5.26 Å². The fourth-order valence-electron chi connectivity index (χ4n) is 3.09. The summed E-state index contributed by atoms with van der Waals surface area (Å²) in [5.41, 5.74) is 0.806. The molecule has 0 radical (unpaired) electrons. The summed E-state index contributed by atoms with van der Waals surface area (Å²) < 4.78 is 41.0. The SMILES string of the molecule is CCCOCCOC(=O)C1=C(C)NC(=S)C(C#N)C1c1ccccc1OC(F)F. The smallest absolute Gasteiger partial charge is 0.387 e. The average Bonchev–Trinajstić information content (AvgIpc) is 2.67. The molecule has 1 aliphatic rings. The lowest BCUT2D eigenvalue weighted by Gasteiger charge is -2.32. The number of thiocarbonyl (C=S) groups is 1. The summed E-state index contributed by atoms with van der Waals surface area (Å²) in [4.78, 5) is 13.0. The van der Waals surface area contributed by atoms with Gasteiger partial charge in [0.1, 0.15) is 18.3 Å². The molecule has 0 saturated heterocycles. The van der Waals surface area contributed by atoms with E-state index in [0.717, 1.165) is 6.42 Å². The molecule has 9 heteroatoms. The second kappa shape index (κ2) is 10.8. The number of esters is 1. The van der Waals surface area contributed by atoms with E-state index < -0.39 is 24.4 Å². The van der Waals surface area contributed by atoms with E-state index in [2.05, 4.69) is 16.1 Å². The monoisotopic (exact) mass is 424 g/mol. The zero-order valence-electron chi connectivity index (χ0n) is 16.1. The molecule has 156 valence electrons. The third-order valence-corrected chi connectivity index (χ3v) is 4.64. The quantitative estimate of drug-likeness (QED) is 0.368. The van der Waals surface area contributed by atoms with Gasteiger partial charge < -0.3 is 19.5 Å². The number of hydrogen-bond donors (Lipinski definition) is 1. The van der Waals surface area contributed by atoms with Gasteiger partial charge in [0, 0.05) is 23.8 Å². The van der Waals surface area contributed by atoms with Crippen LogP contribution < -0.4 is 10.1 Å². The van der Waals surface area contributed by atoms with Gasteiger partial charge in [-0.1, -0.05) is 37.3 Å². The van der Waals surface area contributed by atoms with Crippen molar-refractivity contribution in [2.75, 3.05) is 19.8 Å². The summed E-state index contributed by atoms with van der Waals surface area (Å²) in [6.45, 7) is 1.33. The van der Waals surface area contributed by atoms with Gasteiger partial charge in [0.05, 0.1) is 23.2 Å². The van der Waals surface area contributed by atoms with Crippen LogP contribution >= 0.6 is 12.2 Å². The number of benzene rings is 1. The van der Waals surface area contributed by atoms with Crippen molar-refractivity contribution >= 4 is 23.2 Å². The average molecular weight is 424 g/mol. The van der Waals surface area contributed by atoms with E-state index in [-0.39, 0.29) is 35.1 Å². The molecule has 0 amide bonds. The number of para-hydroxylation sites is 1. The number of hydrogen-bond acceptors (Lipinski definition) is 6. The second-order valence-corrected chi connectivity index (χ2v) is 6.72. The number of alkyl halides is 2. The molecule has 1 N–H and O–H groups in total. The number of carbonyl (C=O) groups is 1. The van der Waals surface area contributed by atoms with Crippen LogP contribution in [0, 0.1) is 17.2 Å². The van der Waals surface area contributed by atoms with Gasteiger partial charge in [-0.2, -0.15) is 14.0 Å². The lowest BCUT2D eigenvalue weighted by molar-refractivity contribution is -0.141. The maximum absolute atomic E-state index is 12.9. The van der Waals surface area contributed by atoms with Gasteiger partial charge in [-0.3, -0.25) is 0 Å². The molecule has 1 aromatic carbocycles. The third-order valence-electron chi connectivity index (χ3n) is 4.28. The molecule has 2 rings (SSSR count). The van der Waals surface area contributed by atoms with E-state index in [9.17, 15) is 18.8 Å². The highest BCUT2D eigenvalue weighted by molar-refractivity contribution is 7.80. The maximum Gasteiger partial charge on any atom is 0.387 e. The van der Waals surface area contributed by atoms with Crippen LogP contribution in [0.15, 0.2) is 35.5 Å². The fraction of sp³-hybridized carbons (Fsp3) is 0.450. The number of carbonyl (C=O) groups excluding carboxylic acids is 1. The Bertz CT molecular complexity index is 823. The highest BCUT2D eigenvalue weighted by atomic mass is 32.1. The lowest BCUT2D eigenvalue weighted by atomic mass is 9.77. The predicted molar refractivity (Wildman–Crippen MR) is 105 cm³/mol. The fourth-order valence-corrected chi connectivity index (χ4v) is 3.43. The van der Waals surface area contributed by atoms with E-state index in [1.807, 2.05) is 6.92 Å². The van der Waals surface area contributed by atoms with Crippen molar-refractivity contribution < 1.29 is 27.8 Å². The molecule has 1 aromatic rings. The number of allylic oxidation sites excluding steroid dienone is 1. The molecule has 0 saturated carbocycles. The molecule has 0 aliphatic carbocycles. The molecule has 0 spiro atoms. The van der Waals surface area contributed by atoms with Crippen LogP contribution in [0.4, 0.5) is 8.78 Å². The minimum absolute atomic E-state index is 0.0270. The Morgan fingerprint density at radius 1 is 1.31 bits per heavy atom. The Hall–Kier alpha value is -2.57. The largest absolute Gasteiger partial charge is 0.460 e. The number of nitrogens with one attached hydrogen (secondary N) is 1. The number of nitrogens with zero attached hydrogens (tertiary/aromatic N) is 1. The minimum Gasteiger partial charge on any atom is -0.460 e. The summed E-state index contributed by atoms with van der Waals surface area (Å²) >= 11 is 5.26. The van der Waals surface area contributed by atoms with Crippen LogP contribution in [0.1, 0.15) is 31.7 Å². The van der Waals surface area contributed by atoms with Crippen LogP contribution in [0.2, 0.25) is 0 Å². The lowest BCUT2D eigenvalue weighted by Crippen LogP contribution is -2.40. The van der Waals surface area contributed by atoms with E-state index in [1.54, 1.807) is 13.0 Å². The predicted octanol–water partition coefficient (Wildman–Crippen LogP) is 3.69. The van der Waals surface area contributed by atoms with E-state index in [4.69, 9.17) is 21.7 Å². The van der Waals surface area contributed by atoms with Crippen molar-refractivity contribution in [3.8, 4) is 11.8 Å². The Morgan fingerprint density at radius 2 is 2.03 bits per heavy atom. The van der Waals surface area contributed by atoms with Gasteiger partial charge in [-0.25, -0.2) is 4.79 Å². The summed E-state index contributed by atoms with van der Waals surface area (Å²) in [6, 6.07) is 8.10. The molecule has 2 unspecified atom stereocenters. The van der Waals surface area contributed by atoms with E-state index in [1.165, 1.54) is 18.2 Å². The molecule has 0 bridgehead atoms. The maximum atomic E-state index is 12.9. The van der Waals surface area contributed by atoms with Crippen molar-refractivity contribution in [2.45, 2.75) is 32.8 Å². The molecule has 1 heterocycles. The van der Waals surface area contributed by atoms with E-state index in [0.29, 0.717) is 12.3 Å². The van der Waals surface area contributed by atoms with E-state index >= 15 is 0 Å². The first-order valence-electron chi connectivity index (χ1n) is 9.10. The van der Waals surface area contributed by atoms with Crippen molar-refractivity contribution in [3.63, 3.8) is 0 Å². The van der Waals surface area contributed by atoms with Crippen LogP contribution in [0.25, 0.3) is 0 Å². The number of rotatable bonds is 9. The van der Waals surface area contributed by atoms with Crippen LogP contribution in [0.5, 0.6) is 5.75 Å². The topological polar surface area (TPSA) is 80.6 Å². The van der Waals surface area contributed by atoms with Crippen molar-refractivity contribution in [3.05, 3.63) is 41.1 Å². The van der Waals surface area contributed by atoms with Crippen molar-refractivity contribution in [2.24, 2.45) is 5.92 Å². The Balaban J connectivity index is 2.39. The van der Waals surface area contributed by atoms with Crippen LogP contribution in [0.3, 0.4) is 0 Å². The molecule has 6 nitrogen and oxygen atoms in total. The van der Waals surface area contributed by atoms with Crippen LogP contribution in [-0.2, 0) is 14.3 Å². The first kappa shape index (κ1) is 22.7. The second-order valence-electron chi connectivity index (χ2n) is 6.28. The number of nitriles is 1. The van der Waals surface area contributed by atoms with Gasteiger partial charge in [0.25, 0.3) is 0 Å². The Labute approximate surface area is 173 Å². The molecule has 0 fully saturated rings. The van der Waals surface area contributed by atoms with Crippen molar-refractivity contribution in [1.82, 2.24) is 5.32 Å². The molecule has 29 heavy (non-hydrogen) atoms. The Morgan fingerprint density at radius 3 is 2.69 bits per heavy atom. The highest BCUT2D eigenvalue weighted by Crippen LogP contribution is 2.42.